The molecule has 0 aliphatic heterocycles. The van der Waals surface area contributed by atoms with Crippen molar-refractivity contribution in [1.29, 1.82) is 5.41 Å². The second-order valence-corrected chi connectivity index (χ2v) is 4.79. The van der Waals surface area contributed by atoms with E-state index in [1.54, 1.807) is 12.2 Å². The molecule has 0 aromatic rings. The summed E-state index contributed by atoms with van der Waals surface area (Å²) in [5.74, 6) is -0.202. The van der Waals surface area contributed by atoms with E-state index >= 15 is 0 Å². The van der Waals surface area contributed by atoms with E-state index < -0.39 is 10.8 Å². The third-order valence-electron chi connectivity index (χ3n) is 3.23. The SMILES string of the molecule is C=CC(C=C)(C=N)CCOC(=O)C(C)(C)CC. The Balaban J connectivity index is 4.33. The van der Waals surface area contributed by atoms with Crippen molar-refractivity contribution < 1.29 is 9.53 Å². The van der Waals surface area contributed by atoms with Gasteiger partial charge in [0.25, 0.3) is 0 Å². The number of hydrogen-bond acceptors (Lipinski definition) is 3. The molecule has 3 nitrogen and oxygen atoms in total. The van der Waals surface area contributed by atoms with Crippen molar-refractivity contribution in [3.8, 4) is 0 Å². The minimum absolute atomic E-state index is 0.202. The van der Waals surface area contributed by atoms with Gasteiger partial charge in [0.05, 0.1) is 12.0 Å². The Hall–Kier alpha value is -1.38. The van der Waals surface area contributed by atoms with Gasteiger partial charge < -0.3 is 10.1 Å². The van der Waals surface area contributed by atoms with E-state index in [0.29, 0.717) is 6.42 Å². The molecule has 0 aliphatic rings. The van der Waals surface area contributed by atoms with Gasteiger partial charge in [-0.3, -0.25) is 4.79 Å². The third kappa shape index (κ3) is 4.17. The number of carbonyl (C=O) groups is 1. The molecule has 96 valence electrons. The van der Waals surface area contributed by atoms with Gasteiger partial charge in [-0.1, -0.05) is 19.1 Å². The summed E-state index contributed by atoms with van der Waals surface area (Å²) in [6, 6.07) is 0. The number of allylic oxidation sites excluding steroid dienone is 2. The fourth-order valence-electron chi connectivity index (χ4n) is 1.14. The van der Waals surface area contributed by atoms with E-state index in [1.165, 1.54) is 6.21 Å². The van der Waals surface area contributed by atoms with Crippen LogP contribution in [0.2, 0.25) is 0 Å². The second-order valence-electron chi connectivity index (χ2n) is 4.79. The predicted octanol–water partition coefficient (Wildman–Crippen LogP) is 3.36. The minimum Gasteiger partial charge on any atom is -0.465 e. The van der Waals surface area contributed by atoms with Gasteiger partial charge in [-0.15, -0.1) is 13.2 Å². The average molecular weight is 237 g/mol. The fourth-order valence-corrected chi connectivity index (χ4v) is 1.14. The highest BCUT2D eigenvalue weighted by atomic mass is 16.5. The van der Waals surface area contributed by atoms with E-state index in [0.717, 1.165) is 6.42 Å². The largest absolute Gasteiger partial charge is 0.465 e. The number of hydrogen-bond donors (Lipinski definition) is 1. The molecule has 0 saturated heterocycles. The summed E-state index contributed by atoms with van der Waals surface area (Å²) in [7, 11) is 0. The molecule has 0 heterocycles. The Labute approximate surface area is 104 Å². The van der Waals surface area contributed by atoms with Crippen LogP contribution < -0.4 is 0 Å². The molecule has 0 aromatic heterocycles. The summed E-state index contributed by atoms with van der Waals surface area (Å²) < 4.78 is 5.22. The highest BCUT2D eigenvalue weighted by molar-refractivity contribution is 5.75. The maximum atomic E-state index is 11.7. The van der Waals surface area contributed by atoms with E-state index in [1.807, 2.05) is 20.8 Å². The molecule has 0 amide bonds. The monoisotopic (exact) mass is 237 g/mol. The van der Waals surface area contributed by atoms with Gasteiger partial charge in [0, 0.05) is 11.6 Å². The maximum Gasteiger partial charge on any atom is 0.311 e. The molecule has 0 atom stereocenters. The molecule has 1 N–H and O–H groups in total. The van der Waals surface area contributed by atoms with Crippen molar-refractivity contribution in [2.24, 2.45) is 10.8 Å². The van der Waals surface area contributed by atoms with Crippen LogP contribution in [0.3, 0.4) is 0 Å². The van der Waals surface area contributed by atoms with Crippen LogP contribution in [0.4, 0.5) is 0 Å². The predicted molar refractivity (Wildman–Crippen MR) is 71.3 cm³/mol. The fraction of sp³-hybridized carbons (Fsp3) is 0.571. The highest BCUT2D eigenvalue weighted by Crippen LogP contribution is 2.25. The quantitative estimate of drug-likeness (QED) is 0.400. The molecule has 0 saturated carbocycles. The molecule has 0 bridgehead atoms. The molecule has 0 radical (unpaired) electrons. The lowest BCUT2D eigenvalue weighted by atomic mass is 9.86. The van der Waals surface area contributed by atoms with Gasteiger partial charge in [0.15, 0.2) is 0 Å². The Kier molecular flexibility index (Phi) is 5.86. The van der Waals surface area contributed by atoms with E-state index in [9.17, 15) is 4.79 Å². The molecular weight excluding hydrogens is 214 g/mol. The van der Waals surface area contributed by atoms with Crippen LogP contribution in [0.1, 0.15) is 33.6 Å². The van der Waals surface area contributed by atoms with Crippen LogP contribution in [-0.4, -0.2) is 18.8 Å². The lowest BCUT2D eigenvalue weighted by molar-refractivity contribution is -0.154. The minimum atomic E-state index is -0.573. The third-order valence-corrected chi connectivity index (χ3v) is 3.23. The normalized spacial score (nSPS) is 11.7. The van der Waals surface area contributed by atoms with Crippen LogP contribution in [0.15, 0.2) is 25.3 Å². The maximum absolute atomic E-state index is 11.7. The number of ether oxygens (including phenoxy) is 1. The Morgan fingerprint density at radius 2 is 1.88 bits per heavy atom. The molecule has 17 heavy (non-hydrogen) atoms. The van der Waals surface area contributed by atoms with E-state index in [2.05, 4.69) is 13.2 Å². The molecule has 0 fully saturated rings. The summed E-state index contributed by atoms with van der Waals surface area (Å²) in [5.41, 5.74) is -1.02. The summed E-state index contributed by atoms with van der Waals surface area (Å²) in [5, 5.41) is 7.34. The number of nitrogens with one attached hydrogen (secondary N) is 1. The van der Waals surface area contributed by atoms with Crippen molar-refractivity contribution in [3.05, 3.63) is 25.3 Å². The molecule has 0 aliphatic carbocycles. The zero-order chi connectivity index (χ0) is 13.5. The topological polar surface area (TPSA) is 50.1 Å². The second kappa shape index (κ2) is 6.38. The van der Waals surface area contributed by atoms with E-state index in [-0.39, 0.29) is 12.6 Å². The lowest BCUT2D eigenvalue weighted by Gasteiger charge is -2.24. The van der Waals surface area contributed by atoms with Gasteiger partial charge in [0.1, 0.15) is 0 Å². The van der Waals surface area contributed by atoms with Gasteiger partial charge in [-0.2, -0.15) is 0 Å². The number of carbonyl (C=O) groups excluding carboxylic acids is 1. The van der Waals surface area contributed by atoms with Crippen molar-refractivity contribution in [1.82, 2.24) is 0 Å². The smallest absolute Gasteiger partial charge is 0.311 e. The van der Waals surface area contributed by atoms with Crippen molar-refractivity contribution >= 4 is 12.2 Å². The summed E-state index contributed by atoms with van der Waals surface area (Å²) in [6.07, 6.45) is 5.81. The first-order valence-corrected chi connectivity index (χ1v) is 5.83. The van der Waals surface area contributed by atoms with Crippen LogP contribution in [-0.2, 0) is 9.53 Å². The molecule has 0 unspecified atom stereocenters. The van der Waals surface area contributed by atoms with E-state index in [4.69, 9.17) is 10.1 Å². The first-order chi connectivity index (χ1) is 7.87. The zero-order valence-corrected chi connectivity index (χ0v) is 11.1. The average Bonchev–Trinajstić information content (AvgIpc) is 2.35. The first kappa shape index (κ1) is 15.6. The molecule has 0 rings (SSSR count). The Bertz CT molecular complexity index is 284. The Morgan fingerprint density at radius 3 is 2.24 bits per heavy atom. The molecule has 0 spiro atoms. The summed E-state index contributed by atoms with van der Waals surface area (Å²) in [4.78, 5) is 11.7. The van der Waals surface area contributed by atoms with Crippen molar-refractivity contribution in [2.45, 2.75) is 33.6 Å². The summed E-state index contributed by atoms with van der Waals surface area (Å²) in [6.45, 7) is 13.3. The Morgan fingerprint density at radius 1 is 1.35 bits per heavy atom. The van der Waals surface area contributed by atoms with Crippen molar-refractivity contribution in [3.63, 3.8) is 0 Å². The standard InChI is InChI=1S/C14H23NO2/c1-6-13(4,5)12(16)17-10-9-14(7-2,8-3)11-15/h7-8,11,15H,2-3,6,9-10H2,1,4-5H3. The van der Waals surface area contributed by atoms with Gasteiger partial charge >= 0.3 is 5.97 Å². The zero-order valence-electron chi connectivity index (χ0n) is 11.1. The molecular formula is C14H23NO2. The van der Waals surface area contributed by atoms with Crippen LogP contribution in [0.5, 0.6) is 0 Å². The van der Waals surface area contributed by atoms with Crippen LogP contribution in [0, 0.1) is 16.2 Å². The van der Waals surface area contributed by atoms with Gasteiger partial charge in [-0.25, -0.2) is 0 Å². The molecule has 0 aromatic carbocycles. The van der Waals surface area contributed by atoms with Crippen LogP contribution in [0.25, 0.3) is 0 Å². The lowest BCUT2D eigenvalue weighted by Crippen LogP contribution is -2.28. The number of rotatable bonds is 8. The molecule has 3 heteroatoms. The highest BCUT2D eigenvalue weighted by Gasteiger charge is 2.28. The first-order valence-electron chi connectivity index (χ1n) is 5.83. The van der Waals surface area contributed by atoms with Crippen LogP contribution >= 0.6 is 0 Å². The number of esters is 1. The van der Waals surface area contributed by atoms with Crippen molar-refractivity contribution in [2.75, 3.05) is 6.61 Å². The van der Waals surface area contributed by atoms with Gasteiger partial charge in [0.2, 0.25) is 0 Å². The van der Waals surface area contributed by atoms with Gasteiger partial charge in [-0.05, 0) is 26.7 Å². The summed E-state index contributed by atoms with van der Waals surface area (Å²) >= 11 is 0.